The number of fused-ring (bicyclic) bond motifs is 1. The summed E-state index contributed by atoms with van der Waals surface area (Å²) in [6, 6.07) is 17.9. The quantitative estimate of drug-likeness (QED) is 0.465. The fourth-order valence-electron chi connectivity index (χ4n) is 4.57. The van der Waals surface area contributed by atoms with E-state index in [1.807, 2.05) is 61.5 Å². The van der Waals surface area contributed by atoms with Crippen LogP contribution in [0.3, 0.4) is 0 Å². The number of para-hydroxylation sites is 1. The van der Waals surface area contributed by atoms with Gasteiger partial charge < -0.3 is 14.6 Å². The van der Waals surface area contributed by atoms with Crippen LogP contribution in [0.5, 0.6) is 5.75 Å². The van der Waals surface area contributed by atoms with Crippen LogP contribution in [0.2, 0.25) is 0 Å². The maximum absolute atomic E-state index is 13.6. The first-order valence-electron chi connectivity index (χ1n) is 11.4. The fourth-order valence-corrected chi connectivity index (χ4v) is 4.57. The lowest BCUT2D eigenvalue weighted by Crippen LogP contribution is -2.30. The van der Waals surface area contributed by atoms with E-state index in [4.69, 9.17) is 9.84 Å². The Morgan fingerprint density at radius 1 is 0.970 bits per heavy atom. The van der Waals surface area contributed by atoms with Gasteiger partial charge in [0.25, 0.3) is 5.56 Å². The molecule has 5 rings (SSSR count). The van der Waals surface area contributed by atoms with E-state index in [-0.39, 0.29) is 5.56 Å². The van der Waals surface area contributed by atoms with Gasteiger partial charge in [-0.3, -0.25) is 4.79 Å². The Labute approximate surface area is 193 Å². The molecule has 0 saturated carbocycles. The average Bonchev–Trinajstić information content (AvgIpc) is 3.24. The van der Waals surface area contributed by atoms with Crippen molar-refractivity contribution in [1.29, 1.82) is 0 Å². The summed E-state index contributed by atoms with van der Waals surface area (Å²) in [5.41, 5.74) is 5.81. The van der Waals surface area contributed by atoms with E-state index in [2.05, 4.69) is 22.0 Å². The Balaban J connectivity index is 1.68. The summed E-state index contributed by atoms with van der Waals surface area (Å²) in [6.07, 6.45) is 7.29. The molecule has 0 radical (unpaired) electrons. The van der Waals surface area contributed by atoms with Gasteiger partial charge in [-0.1, -0.05) is 54.6 Å². The highest BCUT2D eigenvalue weighted by Crippen LogP contribution is 2.34. The van der Waals surface area contributed by atoms with Crippen molar-refractivity contribution in [2.45, 2.75) is 26.2 Å². The zero-order chi connectivity index (χ0) is 22.8. The zero-order valence-corrected chi connectivity index (χ0v) is 19.0. The van der Waals surface area contributed by atoms with Gasteiger partial charge in [-0.15, -0.1) is 0 Å². The van der Waals surface area contributed by atoms with Crippen molar-refractivity contribution in [2.75, 3.05) is 25.1 Å². The number of nitrogens with one attached hydrogen (secondary N) is 1. The van der Waals surface area contributed by atoms with Crippen LogP contribution in [0.4, 0.5) is 5.69 Å². The Morgan fingerprint density at radius 3 is 2.45 bits per heavy atom. The summed E-state index contributed by atoms with van der Waals surface area (Å²) in [5.74, 6) is 0.766. The molecule has 168 valence electrons. The van der Waals surface area contributed by atoms with Gasteiger partial charge in [0.2, 0.25) is 0 Å². The topological polar surface area (TPSA) is 62.6 Å². The molecule has 0 bridgehead atoms. The number of rotatable bonds is 5. The Hall–Kier alpha value is -3.80. The number of methoxy groups -OCH3 is 1. The van der Waals surface area contributed by atoms with Crippen LogP contribution in [0.1, 0.15) is 36.1 Å². The predicted octanol–water partition coefficient (Wildman–Crippen LogP) is 5.17. The van der Waals surface area contributed by atoms with Crippen LogP contribution in [-0.4, -0.2) is 34.8 Å². The Morgan fingerprint density at radius 2 is 1.70 bits per heavy atom. The summed E-state index contributed by atoms with van der Waals surface area (Å²) >= 11 is 0. The summed E-state index contributed by atoms with van der Waals surface area (Å²) in [5, 5.41) is 4.82. The number of nitrogens with zero attached hydrogens (tertiary/aromatic N) is 3. The van der Waals surface area contributed by atoms with Gasteiger partial charge in [0.1, 0.15) is 17.1 Å². The minimum Gasteiger partial charge on any atom is -0.496 e. The molecule has 1 fully saturated rings. The van der Waals surface area contributed by atoms with Gasteiger partial charge in [-0.25, -0.2) is 0 Å². The molecule has 3 heterocycles. The second-order valence-corrected chi connectivity index (χ2v) is 8.42. The normalized spacial score (nSPS) is 14.3. The van der Waals surface area contributed by atoms with Gasteiger partial charge in [-0.05, 0) is 38.3 Å². The van der Waals surface area contributed by atoms with Crippen LogP contribution in [-0.2, 0) is 0 Å². The van der Waals surface area contributed by atoms with Crippen LogP contribution in [0.25, 0.3) is 29.1 Å². The number of aryl methyl sites for hydroxylation is 1. The highest BCUT2D eigenvalue weighted by molar-refractivity contribution is 5.86. The number of piperidine rings is 1. The number of aromatic nitrogens is 3. The van der Waals surface area contributed by atoms with Gasteiger partial charge in [0, 0.05) is 29.9 Å². The summed E-state index contributed by atoms with van der Waals surface area (Å²) < 4.78 is 6.97. The number of anilines is 1. The first-order valence-corrected chi connectivity index (χ1v) is 11.4. The molecule has 1 N–H and O–H groups in total. The number of ether oxygens (including phenoxy) is 1. The van der Waals surface area contributed by atoms with E-state index in [1.165, 1.54) is 10.9 Å². The molecule has 2 aromatic heterocycles. The van der Waals surface area contributed by atoms with E-state index in [1.54, 1.807) is 7.11 Å². The minimum atomic E-state index is -0.132. The highest BCUT2D eigenvalue weighted by Gasteiger charge is 2.24. The van der Waals surface area contributed by atoms with Crippen LogP contribution in [0.15, 0.2) is 59.4 Å². The van der Waals surface area contributed by atoms with Crippen molar-refractivity contribution >= 4 is 23.5 Å². The highest BCUT2D eigenvalue weighted by atomic mass is 16.5. The molecule has 1 aliphatic heterocycles. The Bertz CT molecular complexity index is 1360. The van der Waals surface area contributed by atoms with Crippen molar-refractivity contribution in [3.63, 3.8) is 0 Å². The third-order valence-electron chi connectivity index (χ3n) is 6.28. The van der Waals surface area contributed by atoms with Crippen molar-refractivity contribution in [1.82, 2.24) is 14.6 Å². The second kappa shape index (κ2) is 8.98. The van der Waals surface area contributed by atoms with E-state index < -0.39 is 0 Å². The molecule has 2 aromatic carbocycles. The molecule has 0 aliphatic carbocycles. The first kappa shape index (κ1) is 21.1. The lowest BCUT2D eigenvalue weighted by molar-refractivity contribution is 0.414. The van der Waals surface area contributed by atoms with Crippen LogP contribution >= 0.6 is 0 Å². The number of H-pyrrole nitrogens is 1. The third kappa shape index (κ3) is 3.93. The second-order valence-electron chi connectivity index (χ2n) is 8.42. The van der Waals surface area contributed by atoms with Crippen molar-refractivity contribution in [2.24, 2.45) is 0 Å². The molecule has 0 amide bonds. The average molecular weight is 441 g/mol. The smallest absolute Gasteiger partial charge is 0.281 e. The van der Waals surface area contributed by atoms with Crippen LogP contribution in [0, 0.1) is 6.92 Å². The van der Waals surface area contributed by atoms with Gasteiger partial charge in [-0.2, -0.15) is 9.61 Å². The summed E-state index contributed by atoms with van der Waals surface area (Å²) in [6.45, 7) is 3.88. The molecule has 0 unspecified atom stereocenters. The van der Waals surface area contributed by atoms with Crippen molar-refractivity contribution < 1.29 is 4.74 Å². The summed E-state index contributed by atoms with van der Waals surface area (Å²) in [7, 11) is 1.65. The minimum absolute atomic E-state index is 0.132. The fraction of sp³-hybridized carbons (Fsp3) is 0.259. The molecular formula is C27H28N4O2. The van der Waals surface area contributed by atoms with Crippen LogP contribution < -0.4 is 15.2 Å². The van der Waals surface area contributed by atoms with Crippen molar-refractivity contribution in [3.8, 4) is 17.0 Å². The molecule has 0 spiro atoms. The molecule has 1 aliphatic rings. The largest absolute Gasteiger partial charge is 0.496 e. The molecule has 0 atom stereocenters. The lowest BCUT2D eigenvalue weighted by Gasteiger charge is -2.28. The summed E-state index contributed by atoms with van der Waals surface area (Å²) in [4.78, 5) is 19.4. The number of aromatic amines is 1. The van der Waals surface area contributed by atoms with E-state index >= 15 is 0 Å². The van der Waals surface area contributed by atoms with E-state index in [9.17, 15) is 4.79 Å². The SMILES string of the molecule is COc1ccccc1/C=C/c1c(C)[nH]c2c(N3CCCCC3)c(-c3ccccc3)nn2c1=O. The molecule has 1 saturated heterocycles. The third-order valence-corrected chi connectivity index (χ3v) is 6.28. The van der Waals surface area contributed by atoms with Gasteiger partial charge >= 0.3 is 0 Å². The Kier molecular flexibility index (Phi) is 5.73. The molecule has 6 heteroatoms. The number of hydrogen-bond donors (Lipinski definition) is 1. The lowest BCUT2D eigenvalue weighted by atomic mass is 10.1. The van der Waals surface area contributed by atoms with Crippen molar-refractivity contribution in [3.05, 3.63) is 81.8 Å². The monoisotopic (exact) mass is 440 g/mol. The first-order chi connectivity index (χ1) is 16.2. The van der Waals surface area contributed by atoms with Gasteiger partial charge in [0.05, 0.1) is 12.7 Å². The predicted molar refractivity (Wildman–Crippen MR) is 134 cm³/mol. The van der Waals surface area contributed by atoms with Gasteiger partial charge in [0.15, 0.2) is 5.65 Å². The standard InChI is InChI=1S/C27H28N4O2/c1-19-22(16-15-20-11-7-8-14-23(20)33-2)27(32)31-26(28-19)25(30-17-9-4-10-18-30)24(29-31)21-12-5-3-6-13-21/h3,5-8,11-16,28H,4,9-10,17-18H2,1-2H3/b16-15+. The molecule has 33 heavy (non-hydrogen) atoms. The molecule has 4 aromatic rings. The maximum Gasteiger partial charge on any atom is 0.281 e. The molecule has 6 nitrogen and oxygen atoms in total. The molecular weight excluding hydrogens is 412 g/mol. The number of benzene rings is 2. The van der Waals surface area contributed by atoms with E-state index in [0.717, 1.165) is 65.5 Å². The van der Waals surface area contributed by atoms with E-state index in [0.29, 0.717) is 5.56 Å². The number of hydrogen-bond acceptors (Lipinski definition) is 4. The maximum atomic E-state index is 13.6. The zero-order valence-electron chi connectivity index (χ0n) is 19.0.